The highest BCUT2D eigenvalue weighted by molar-refractivity contribution is 5.82. The van der Waals surface area contributed by atoms with Gasteiger partial charge >= 0.3 is 5.97 Å². The zero-order chi connectivity index (χ0) is 9.56. The third kappa shape index (κ3) is 5.73. The minimum atomic E-state index is -1.02. The van der Waals surface area contributed by atoms with Crippen LogP contribution in [0.3, 0.4) is 0 Å². The fraction of sp³-hybridized carbons (Fsp3) is 0.625. The average molecular weight is 173 g/mol. The summed E-state index contributed by atoms with van der Waals surface area (Å²) < 4.78 is 4.56. The molecule has 4 heteroatoms. The molecular weight excluding hydrogens is 158 g/mol. The molecule has 0 spiro atoms. The van der Waals surface area contributed by atoms with Crippen LogP contribution in [0.4, 0.5) is 0 Å². The van der Waals surface area contributed by atoms with Gasteiger partial charge in [0.05, 0.1) is 0 Å². The summed E-state index contributed by atoms with van der Waals surface area (Å²) >= 11 is 0. The molecule has 0 aliphatic heterocycles. The number of rotatable bonds is 4. The van der Waals surface area contributed by atoms with E-state index in [1.165, 1.54) is 0 Å². The van der Waals surface area contributed by atoms with Crippen molar-refractivity contribution in [3.8, 4) is 0 Å². The molecule has 12 heavy (non-hydrogen) atoms. The topological polar surface area (TPSA) is 72.5 Å². The Bertz CT molecular complexity index is 173. The van der Waals surface area contributed by atoms with Gasteiger partial charge in [0, 0.05) is 18.2 Å². The van der Waals surface area contributed by atoms with Gasteiger partial charge in [0.1, 0.15) is 0 Å². The van der Waals surface area contributed by atoms with Crippen LogP contribution >= 0.6 is 0 Å². The number of hydrogen-bond acceptors (Lipinski definition) is 4. The largest absolute Gasteiger partial charge is 0.433 e. The molecular formula is C8H15NO3. The van der Waals surface area contributed by atoms with Crippen LogP contribution in [-0.4, -0.2) is 17.4 Å². The molecule has 0 rings (SSSR count). The third-order valence-corrected chi connectivity index (χ3v) is 1.13. The number of hydrogen-bond donors (Lipinski definition) is 2. The smallest absolute Gasteiger partial charge is 0.334 e. The minimum absolute atomic E-state index is 0.365. The zero-order valence-electron chi connectivity index (χ0n) is 7.41. The quantitative estimate of drug-likeness (QED) is 0.369. The lowest BCUT2D eigenvalue weighted by atomic mass is 10.3. The van der Waals surface area contributed by atoms with Crippen LogP contribution in [0.15, 0.2) is 11.8 Å². The molecule has 0 heterocycles. The highest BCUT2D eigenvalue weighted by Gasteiger charge is 2.06. The van der Waals surface area contributed by atoms with Gasteiger partial charge < -0.3 is 15.6 Å². The van der Waals surface area contributed by atoms with Crippen LogP contribution in [0.1, 0.15) is 26.7 Å². The molecule has 0 aromatic rings. The van der Waals surface area contributed by atoms with E-state index in [-0.39, 0.29) is 0 Å². The maximum atomic E-state index is 10.8. The lowest BCUT2D eigenvalue weighted by Crippen LogP contribution is -2.16. The Balaban J connectivity index is 3.77. The van der Waals surface area contributed by atoms with E-state index in [4.69, 9.17) is 10.8 Å². The summed E-state index contributed by atoms with van der Waals surface area (Å²) in [5.74, 6) is -0.601. The monoisotopic (exact) mass is 173 g/mol. The Kier molecular flexibility index (Phi) is 5.12. The molecule has 0 radical (unpaired) electrons. The van der Waals surface area contributed by atoms with E-state index in [0.29, 0.717) is 12.1 Å². The van der Waals surface area contributed by atoms with Gasteiger partial charge in [-0.1, -0.05) is 13.3 Å². The minimum Gasteiger partial charge on any atom is -0.433 e. The van der Waals surface area contributed by atoms with Crippen molar-refractivity contribution in [1.29, 1.82) is 0 Å². The van der Waals surface area contributed by atoms with Gasteiger partial charge in [-0.2, -0.15) is 0 Å². The Morgan fingerprint density at radius 1 is 1.75 bits per heavy atom. The van der Waals surface area contributed by atoms with Gasteiger partial charge in [-0.15, -0.1) is 0 Å². The number of aliphatic hydroxyl groups is 1. The first kappa shape index (κ1) is 11.0. The Morgan fingerprint density at radius 3 is 2.75 bits per heavy atom. The van der Waals surface area contributed by atoms with Crippen molar-refractivity contribution in [2.45, 2.75) is 33.0 Å². The second-order valence-corrected chi connectivity index (χ2v) is 2.57. The Labute approximate surface area is 72.0 Å². The van der Waals surface area contributed by atoms with Gasteiger partial charge in [-0.3, -0.25) is 0 Å². The first-order chi connectivity index (χ1) is 5.56. The van der Waals surface area contributed by atoms with E-state index < -0.39 is 12.3 Å². The van der Waals surface area contributed by atoms with Crippen molar-refractivity contribution in [2.24, 2.45) is 5.73 Å². The zero-order valence-corrected chi connectivity index (χ0v) is 7.41. The highest BCUT2D eigenvalue weighted by atomic mass is 16.6. The summed E-state index contributed by atoms with van der Waals surface area (Å²) in [5.41, 5.74) is 5.59. The summed E-state index contributed by atoms with van der Waals surface area (Å²) in [4.78, 5) is 10.8. The molecule has 0 aromatic carbocycles. The van der Waals surface area contributed by atoms with Gasteiger partial charge in [-0.05, 0) is 6.92 Å². The molecule has 0 saturated carbocycles. The molecule has 70 valence electrons. The van der Waals surface area contributed by atoms with Crippen LogP contribution in [0.25, 0.3) is 0 Å². The Hall–Kier alpha value is -1.03. The van der Waals surface area contributed by atoms with Crippen molar-refractivity contribution in [2.75, 3.05) is 0 Å². The van der Waals surface area contributed by atoms with Crippen LogP contribution in [-0.2, 0) is 9.53 Å². The normalized spacial score (nSPS) is 14.1. The van der Waals surface area contributed by atoms with Crippen LogP contribution in [0.5, 0.6) is 0 Å². The third-order valence-electron chi connectivity index (χ3n) is 1.13. The van der Waals surface area contributed by atoms with E-state index in [1.807, 2.05) is 6.92 Å². The van der Waals surface area contributed by atoms with Crippen molar-refractivity contribution in [1.82, 2.24) is 0 Å². The fourth-order valence-electron chi connectivity index (χ4n) is 0.660. The van der Waals surface area contributed by atoms with Crippen LogP contribution < -0.4 is 5.73 Å². The van der Waals surface area contributed by atoms with E-state index in [0.717, 1.165) is 12.5 Å². The maximum absolute atomic E-state index is 10.8. The number of ether oxygens (including phenoxy) is 1. The second-order valence-electron chi connectivity index (χ2n) is 2.57. The van der Waals surface area contributed by atoms with Gasteiger partial charge in [0.25, 0.3) is 0 Å². The average Bonchev–Trinajstić information content (AvgIpc) is 1.84. The second kappa shape index (κ2) is 5.60. The van der Waals surface area contributed by atoms with E-state index >= 15 is 0 Å². The standard InChI is InChI=1S/C8H15NO3/c1-3-4-7(10)12-8(11)5-6(2)9/h5,7,10H,3-4,9H2,1-2H3/b6-5-. The number of esters is 1. The predicted molar refractivity (Wildman–Crippen MR) is 45.0 cm³/mol. The predicted octanol–water partition coefficient (Wildman–Crippen LogP) is 0.511. The summed E-state index contributed by atoms with van der Waals surface area (Å²) in [7, 11) is 0. The number of carbonyl (C=O) groups is 1. The molecule has 0 fully saturated rings. The van der Waals surface area contributed by atoms with Crippen LogP contribution in [0, 0.1) is 0 Å². The van der Waals surface area contributed by atoms with E-state index in [1.54, 1.807) is 6.92 Å². The first-order valence-corrected chi connectivity index (χ1v) is 3.88. The highest BCUT2D eigenvalue weighted by Crippen LogP contribution is 1.99. The fourth-order valence-corrected chi connectivity index (χ4v) is 0.660. The van der Waals surface area contributed by atoms with Crippen molar-refractivity contribution in [3.63, 3.8) is 0 Å². The number of aliphatic hydroxyl groups excluding tert-OH is 1. The number of nitrogens with two attached hydrogens (primary N) is 1. The maximum Gasteiger partial charge on any atom is 0.334 e. The molecule has 0 amide bonds. The van der Waals surface area contributed by atoms with Gasteiger partial charge in [0.15, 0.2) is 0 Å². The van der Waals surface area contributed by atoms with E-state index in [2.05, 4.69) is 4.74 Å². The molecule has 0 aliphatic rings. The number of carbonyl (C=O) groups excluding carboxylic acids is 1. The first-order valence-electron chi connectivity index (χ1n) is 3.88. The number of allylic oxidation sites excluding steroid dienone is 1. The van der Waals surface area contributed by atoms with Crippen molar-refractivity contribution in [3.05, 3.63) is 11.8 Å². The molecule has 4 nitrogen and oxygen atoms in total. The van der Waals surface area contributed by atoms with Gasteiger partial charge in [0.2, 0.25) is 6.29 Å². The molecule has 1 atom stereocenters. The lowest BCUT2D eigenvalue weighted by molar-refractivity contribution is -0.162. The molecule has 0 saturated heterocycles. The summed E-state index contributed by atoms with van der Waals surface area (Å²) in [6, 6.07) is 0. The Morgan fingerprint density at radius 2 is 2.33 bits per heavy atom. The van der Waals surface area contributed by atoms with Crippen molar-refractivity contribution >= 4 is 5.97 Å². The lowest BCUT2D eigenvalue weighted by Gasteiger charge is -2.08. The SMILES string of the molecule is CCCC(O)OC(=O)/C=C(/C)N. The van der Waals surface area contributed by atoms with Crippen LogP contribution in [0.2, 0.25) is 0 Å². The molecule has 0 aliphatic carbocycles. The van der Waals surface area contributed by atoms with Crippen molar-refractivity contribution < 1.29 is 14.6 Å². The summed E-state index contributed by atoms with van der Waals surface area (Å²) in [5, 5.41) is 9.02. The van der Waals surface area contributed by atoms with Gasteiger partial charge in [-0.25, -0.2) is 4.79 Å². The molecule has 3 N–H and O–H groups in total. The summed E-state index contributed by atoms with van der Waals surface area (Å²) in [6.07, 6.45) is 1.33. The van der Waals surface area contributed by atoms with E-state index in [9.17, 15) is 4.79 Å². The molecule has 0 aromatic heterocycles. The molecule has 0 bridgehead atoms. The molecule has 1 unspecified atom stereocenters. The summed E-state index contributed by atoms with van der Waals surface area (Å²) in [6.45, 7) is 3.47.